The van der Waals surface area contributed by atoms with Gasteiger partial charge >= 0.3 is 0 Å². The van der Waals surface area contributed by atoms with E-state index in [4.69, 9.17) is 0 Å². The Bertz CT molecular complexity index is 1100. The summed E-state index contributed by atoms with van der Waals surface area (Å²) in [6, 6.07) is 8.55. The van der Waals surface area contributed by atoms with Crippen molar-refractivity contribution in [2.45, 2.75) is 37.6 Å². The van der Waals surface area contributed by atoms with Gasteiger partial charge in [0, 0.05) is 13.0 Å². The topological polar surface area (TPSA) is 54.5 Å². The first kappa shape index (κ1) is 21.6. The van der Waals surface area contributed by atoms with E-state index in [1.165, 1.54) is 22.5 Å². The largest absolute Gasteiger partial charge is 0.298 e. The van der Waals surface area contributed by atoms with Crippen LogP contribution in [0.2, 0.25) is 0 Å². The van der Waals surface area contributed by atoms with Crippen LogP contribution in [0.25, 0.3) is 0 Å². The molecule has 8 heteroatoms. The molecule has 2 aromatic rings. The number of fused-ring (bicyclic) bond motifs is 1. The third kappa shape index (κ3) is 3.63. The minimum Gasteiger partial charge on any atom is -0.298 e. The molecule has 1 aliphatic carbocycles. The van der Waals surface area contributed by atoms with Gasteiger partial charge in [0.25, 0.3) is 0 Å². The van der Waals surface area contributed by atoms with Crippen LogP contribution in [-0.2, 0) is 21.2 Å². The molecule has 0 N–H and O–H groups in total. The van der Waals surface area contributed by atoms with E-state index < -0.39 is 21.9 Å². The summed E-state index contributed by atoms with van der Waals surface area (Å²) in [6.45, 7) is 4.40. The molecule has 2 fully saturated rings. The molecule has 160 valence electrons. The van der Waals surface area contributed by atoms with Gasteiger partial charge in [0.2, 0.25) is 10.0 Å². The van der Waals surface area contributed by atoms with Crippen LogP contribution in [0.3, 0.4) is 0 Å². The molecule has 4 nitrogen and oxygen atoms in total. The number of halogens is 3. The zero-order valence-corrected chi connectivity index (χ0v) is 19.0. The molecule has 1 heterocycles. The van der Waals surface area contributed by atoms with Gasteiger partial charge in [0.05, 0.1) is 15.4 Å². The van der Waals surface area contributed by atoms with Gasteiger partial charge in [-0.2, -0.15) is 4.31 Å². The van der Waals surface area contributed by atoms with Crippen LogP contribution < -0.4 is 0 Å². The SMILES string of the molecule is CC1(C)[C@@H]2[C@@H](C(=O)CCc3ccc(F)c(Br)c3)N(S(=O)(=O)c3ccc(F)cc3)C[C@@H]21. The Morgan fingerprint density at radius 3 is 2.47 bits per heavy atom. The number of rotatable bonds is 6. The van der Waals surface area contributed by atoms with E-state index in [0.717, 1.165) is 17.7 Å². The second-order valence-electron chi connectivity index (χ2n) is 8.64. The molecule has 3 atom stereocenters. The molecule has 1 saturated carbocycles. The summed E-state index contributed by atoms with van der Waals surface area (Å²) in [6.07, 6.45) is 0.563. The first-order valence-corrected chi connectivity index (χ1v) is 12.0. The lowest BCUT2D eigenvalue weighted by molar-refractivity contribution is -0.123. The number of piperidine rings is 1. The molecule has 0 radical (unpaired) electrons. The van der Waals surface area contributed by atoms with Crippen molar-refractivity contribution in [3.8, 4) is 0 Å². The van der Waals surface area contributed by atoms with E-state index in [2.05, 4.69) is 29.8 Å². The molecule has 0 bridgehead atoms. The van der Waals surface area contributed by atoms with Gasteiger partial charge in [0.1, 0.15) is 11.6 Å². The summed E-state index contributed by atoms with van der Waals surface area (Å²) in [5.74, 6) is -0.932. The summed E-state index contributed by atoms with van der Waals surface area (Å²) in [5.41, 5.74) is 0.711. The van der Waals surface area contributed by atoms with Crippen LogP contribution in [-0.4, -0.2) is 31.1 Å². The fraction of sp³-hybridized carbons (Fsp3) is 0.409. The predicted octanol–water partition coefficient (Wildman–Crippen LogP) is 4.57. The fourth-order valence-corrected chi connectivity index (χ4v) is 6.79. The van der Waals surface area contributed by atoms with Crippen LogP contribution in [0.1, 0.15) is 25.8 Å². The van der Waals surface area contributed by atoms with Crippen LogP contribution >= 0.6 is 15.9 Å². The van der Waals surface area contributed by atoms with E-state index in [1.807, 2.05) is 0 Å². The van der Waals surface area contributed by atoms with Crippen molar-refractivity contribution >= 4 is 31.7 Å². The van der Waals surface area contributed by atoms with Crippen molar-refractivity contribution in [3.63, 3.8) is 0 Å². The highest BCUT2D eigenvalue weighted by molar-refractivity contribution is 9.10. The van der Waals surface area contributed by atoms with Gasteiger partial charge in [-0.15, -0.1) is 0 Å². The molecule has 0 amide bonds. The Morgan fingerprint density at radius 2 is 1.83 bits per heavy atom. The lowest BCUT2D eigenvalue weighted by atomic mass is 9.96. The quantitative estimate of drug-likeness (QED) is 0.587. The van der Waals surface area contributed by atoms with Crippen molar-refractivity contribution in [2.24, 2.45) is 17.3 Å². The van der Waals surface area contributed by atoms with Crippen LogP contribution in [0.15, 0.2) is 51.8 Å². The average molecular weight is 498 g/mol. The molecule has 0 unspecified atom stereocenters. The summed E-state index contributed by atoms with van der Waals surface area (Å²) >= 11 is 3.14. The minimum atomic E-state index is -3.91. The molecule has 2 aromatic carbocycles. The van der Waals surface area contributed by atoms with Crippen molar-refractivity contribution in [2.75, 3.05) is 6.54 Å². The Kier molecular flexibility index (Phi) is 5.39. The number of carbonyl (C=O) groups is 1. The van der Waals surface area contributed by atoms with Crippen molar-refractivity contribution in [1.82, 2.24) is 4.31 Å². The number of aryl methyl sites for hydroxylation is 1. The Morgan fingerprint density at radius 1 is 1.17 bits per heavy atom. The first-order valence-electron chi connectivity index (χ1n) is 9.77. The number of hydrogen-bond acceptors (Lipinski definition) is 3. The summed E-state index contributed by atoms with van der Waals surface area (Å²) in [4.78, 5) is 13.2. The maximum absolute atomic E-state index is 13.4. The molecule has 30 heavy (non-hydrogen) atoms. The number of carbonyl (C=O) groups excluding carboxylic acids is 1. The average Bonchev–Trinajstić information content (AvgIpc) is 3.04. The number of hydrogen-bond donors (Lipinski definition) is 0. The van der Waals surface area contributed by atoms with Gasteiger partial charge in [-0.05, 0) is 81.6 Å². The number of Topliss-reactive ketones (excluding diaryl/α,β-unsaturated/α-hetero) is 1. The van der Waals surface area contributed by atoms with Crippen molar-refractivity contribution in [1.29, 1.82) is 0 Å². The molecule has 0 aromatic heterocycles. The standard InChI is InChI=1S/C22H22BrF2NO3S/c1-22(2)16-12-26(30(28,29)15-7-5-14(24)6-8-15)21(20(16)22)19(27)10-4-13-3-9-18(25)17(23)11-13/h3,5-9,11,16,20-21H,4,10,12H2,1-2H3/t16-,20-,21+/m0/s1. The first-order chi connectivity index (χ1) is 14.0. The molecule has 4 rings (SSSR count). The maximum Gasteiger partial charge on any atom is 0.243 e. The zero-order chi connectivity index (χ0) is 21.8. The highest BCUT2D eigenvalue weighted by Crippen LogP contribution is 2.65. The summed E-state index contributed by atoms with van der Waals surface area (Å²) in [7, 11) is -3.91. The summed E-state index contributed by atoms with van der Waals surface area (Å²) in [5, 5.41) is 0. The Labute approximate surface area is 183 Å². The van der Waals surface area contributed by atoms with E-state index in [9.17, 15) is 22.0 Å². The number of ketones is 1. The Hall–Kier alpha value is -1.64. The smallest absolute Gasteiger partial charge is 0.243 e. The third-order valence-electron chi connectivity index (χ3n) is 6.56. The van der Waals surface area contributed by atoms with E-state index >= 15 is 0 Å². The van der Waals surface area contributed by atoms with E-state index in [1.54, 1.807) is 12.1 Å². The molecular weight excluding hydrogens is 476 g/mol. The lowest BCUT2D eigenvalue weighted by Gasteiger charge is -2.29. The van der Waals surface area contributed by atoms with Crippen molar-refractivity contribution in [3.05, 3.63) is 64.1 Å². The van der Waals surface area contributed by atoms with Crippen LogP contribution in [0.4, 0.5) is 8.78 Å². The Balaban J connectivity index is 1.57. The van der Waals surface area contributed by atoms with Crippen molar-refractivity contribution < 1.29 is 22.0 Å². The van der Waals surface area contributed by atoms with Gasteiger partial charge in [-0.3, -0.25) is 4.79 Å². The van der Waals surface area contributed by atoms with Crippen LogP contribution in [0.5, 0.6) is 0 Å². The third-order valence-corrected chi connectivity index (χ3v) is 9.03. The number of benzene rings is 2. The molecule has 1 saturated heterocycles. The van der Waals surface area contributed by atoms with Gasteiger partial charge in [-0.1, -0.05) is 19.9 Å². The molecular formula is C22H22BrF2NO3S. The van der Waals surface area contributed by atoms with Gasteiger partial charge < -0.3 is 0 Å². The highest BCUT2D eigenvalue weighted by Gasteiger charge is 2.70. The maximum atomic E-state index is 13.4. The van der Waals surface area contributed by atoms with Gasteiger partial charge in [-0.25, -0.2) is 17.2 Å². The fourth-order valence-electron chi connectivity index (χ4n) is 4.71. The lowest BCUT2D eigenvalue weighted by Crippen LogP contribution is -2.45. The normalized spacial score (nSPS) is 25.2. The second-order valence-corrected chi connectivity index (χ2v) is 11.4. The summed E-state index contributed by atoms with van der Waals surface area (Å²) < 4.78 is 54.7. The van der Waals surface area contributed by atoms with E-state index in [-0.39, 0.29) is 46.7 Å². The second kappa shape index (κ2) is 7.50. The van der Waals surface area contributed by atoms with E-state index in [0.29, 0.717) is 10.9 Å². The number of sulfonamides is 1. The molecule has 0 spiro atoms. The predicted molar refractivity (Wildman–Crippen MR) is 112 cm³/mol. The van der Waals surface area contributed by atoms with Gasteiger partial charge in [0.15, 0.2) is 5.78 Å². The molecule has 1 aliphatic heterocycles. The monoisotopic (exact) mass is 497 g/mol. The van der Waals surface area contributed by atoms with Crippen LogP contribution in [0, 0.1) is 28.9 Å². The molecule has 2 aliphatic rings. The number of nitrogens with zero attached hydrogens (tertiary/aromatic N) is 1. The zero-order valence-electron chi connectivity index (χ0n) is 16.6. The highest BCUT2D eigenvalue weighted by atomic mass is 79.9. The minimum absolute atomic E-state index is 0.0109.